The van der Waals surface area contributed by atoms with Gasteiger partial charge in [0.1, 0.15) is 0 Å². The van der Waals surface area contributed by atoms with Crippen LogP contribution in [0.5, 0.6) is 0 Å². The molecule has 4 rings (SSSR count). The molecule has 1 aliphatic heterocycles. The summed E-state index contributed by atoms with van der Waals surface area (Å²) in [7, 11) is 2.20. The molecule has 0 spiro atoms. The maximum Gasteiger partial charge on any atom is 0.0487 e. The van der Waals surface area contributed by atoms with E-state index in [1.807, 2.05) is 6.07 Å². The fraction of sp³-hybridized carbons (Fsp3) is 0.400. The first-order chi connectivity index (χ1) is 11.5. The van der Waals surface area contributed by atoms with Gasteiger partial charge >= 0.3 is 0 Å². The molecule has 3 nitrogen and oxygen atoms in total. The van der Waals surface area contributed by atoms with Crippen molar-refractivity contribution in [2.45, 2.75) is 39.9 Å². The molecule has 0 saturated heterocycles. The van der Waals surface area contributed by atoms with E-state index in [1.54, 1.807) is 0 Å². The summed E-state index contributed by atoms with van der Waals surface area (Å²) in [5.41, 5.74) is 6.94. The highest BCUT2D eigenvalue weighted by Gasteiger charge is 2.22. The van der Waals surface area contributed by atoms with Gasteiger partial charge in [-0.3, -0.25) is 0 Å². The second-order valence-corrected chi connectivity index (χ2v) is 7.51. The van der Waals surface area contributed by atoms with E-state index in [1.165, 1.54) is 33.4 Å². The minimum absolute atomic E-state index is 0.826. The van der Waals surface area contributed by atoms with Crippen LogP contribution < -0.4 is 0 Å². The molecule has 1 aliphatic rings. The van der Waals surface area contributed by atoms with Crippen molar-refractivity contribution in [3.05, 3.63) is 58.0 Å². The van der Waals surface area contributed by atoms with Crippen molar-refractivity contribution in [1.29, 1.82) is 0 Å². The van der Waals surface area contributed by atoms with Crippen LogP contribution in [0.2, 0.25) is 5.02 Å². The number of aryl methyl sites for hydroxylation is 4. The monoisotopic (exact) mass is 341 g/mol. The van der Waals surface area contributed by atoms with E-state index >= 15 is 0 Å². The molecule has 1 aromatic carbocycles. The molecule has 2 aromatic heterocycles. The number of rotatable bonds is 3. The number of halogens is 1. The van der Waals surface area contributed by atoms with Crippen LogP contribution in [-0.2, 0) is 26.1 Å². The van der Waals surface area contributed by atoms with Gasteiger partial charge in [0.05, 0.1) is 0 Å². The Morgan fingerprint density at radius 3 is 2.71 bits per heavy atom. The van der Waals surface area contributed by atoms with Crippen LogP contribution in [0.4, 0.5) is 0 Å². The van der Waals surface area contributed by atoms with Crippen molar-refractivity contribution in [1.82, 2.24) is 14.0 Å². The third-order valence-corrected chi connectivity index (χ3v) is 5.46. The van der Waals surface area contributed by atoms with Gasteiger partial charge in [-0.15, -0.1) is 0 Å². The molecule has 0 unspecified atom stereocenters. The molecular weight excluding hydrogens is 318 g/mol. The third kappa shape index (κ3) is 2.66. The summed E-state index contributed by atoms with van der Waals surface area (Å²) in [5.74, 6) is 0. The summed E-state index contributed by atoms with van der Waals surface area (Å²) >= 11 is 6.28. The zero-order chi connectivity index (χ0) is 16.8. The fourth-order valence-electron chi connectivity index (χ4n) is 4.06. The topological polar surface area (TPSA) is 13.1 Å². The minimum atomic E-state index is 0.826. The van der Waals surface area contributed by atoms with Gasteiger partial charge in [0.25, 0.3) is 0 Å². The number of hydrogen-bond donors (Lipinski definition) is 0. The van der Waals surface area contributed by atoms with Crippen LogP contribution in [0.25, 0.3) is 10.9 Å². The maximum absolute atomic E-state index is 6.28. The standard InChI is InChI=1S/C20H24ClN3/c1-14-10-15(2)23(12-14)8-9-24-19-5-4-16(21)11-17(19)18-13-22(3)7-6-20(18)24/h4-5,10-12H,6-9,13H2,1-3H3. The Kier molecular flexibility index (Phi) is 3.93. The molecule has 0 fully saturated rings. The highest BCUT2D eigenvalue weighted by Crippen LogP contribution is 2.32. The van der Waals surface area contributed by atoms with Gasteiger partial charge in [0.2, 0.25) is 0 Å². The van der Waals surface area contributed by atoms with E-state index in [-0.39, 0.29) is 0 Å². The summed E-state index contributed by atoms with van der Waals surface area (Å²) in [6, 6.07) is 8.58. The molecule has 4 heteroatoms. The van der Waals surface area contributed by atoms with Crippen LogP contribution in [-0.4, -0.2) is 27.6 Å². The maximum atomic E-state index is 6.28. The Bertz CT molecular complexity index is 903. The lowest BCUT2D eigenvalue weighted by Crippen LogP contribution is -2.27. The minimum Gasteiger partial charge on any atom is -0.350 e. The second kappa shape index (κ2) is 5.98. The van der Waals surface area contributed by atoms with Crippen LogP contribution in [0.15, 0.2) is 30.5 Å². The Balaban J connectivity index is 1.76. The van der Waals surface area contributed by atoms with Crippen molar-refractivity contribution >= 4 is 22.5 Å². The number of hydrogen-bond acceptors (Lipinski definition) is 1. The largest absolute Gasteiger partial charge is 0.350 e. The average molecular weight is 342 g/mol. The number of likely N-dealkylation sites (N-methyl/N-ethyl adjacent to an activating group) is 1. The quantitative estimate of drug-likeness (QED) is 0.688. The summed E-state index contributed by atoms with van der Waals surface area (Å²) in [5, 5.41) is 2.15. The predicted molar refractivity (Wildman–Crippen MR) is 101 cm³/mol. The summed E-state index contributed by atoms with van der Waals surface area (Å²) in [6.45, 7) is 8.50. The number of fused-ring (bicyclic) bond motifs is 3. The Morgan fingerprint density at radius 2 is 1.96 bits per heavy atom. The molecule has 0 radical (unpaired) electrons. The first kappa shape index (κ1) is 15.8. The van der Waals surface area contributed by atoms with Crippen LogP contribution in [0, 0.1) is 13.8 Å². The Hall–Kier alpha value is -1.71. The molecule has 3 heterocycles. The first-order valence-electron chi connectivity index (χ1n) is 8.64. The molecule has 0 atom stereocenters. The van der Waals surface area contributed by atoms with Gasteiger partial charge in [-0.05, 0) is 56.3 Å². The number of aromatic nitrogens is 2. The van der Waals surface area contributed by atoms with Gasteiger partial charge in [-0.2, -0.15) is 0 Å². The van der Waals surface area contributed by atoms with Crippen molar-refractivity contribution in [2.24, 2.45) is 0 Å². The van der Waals surface area contributed by atoms with E-state index in [4.69, 9.17) is 11.6 Å². The van der Waals surface area contributed by atoms with E-state index in [9.17, 15) is 0 Å². The van der Waals surface area contributed by atoms with Crippen LogP contribution in [0.3, 0.4) is 0 Å². The first-order valence-corrected chi connectivity index (χ1v) is 9.02. The Labute approximate surface area is 148 Å². The van der Waals surface area contributed by atoms with Gasteiger partial charge in [0, 0.05) is 66.1 Å². The van der Waals surface area contributed by atoms with Crippen molar-refractivity contribution in [2.75, 3.05) is 13.6 Å². The summed E-state index contributed by atoms with van der Waals surface area (Å²) < 4.78 is 4.88. The predicted octanol–water partition coefficient (Wildman–Crippen LogP) is 4.40. The molecule has 0 N–H and O–H groups in total. The normalized spacial score (nSPS) is 15.2. The summed E-state index contributed by atoms with van der Waals surface area (Å²) in [4.78, 5) is 2.40. The van der Waals surface area contributed by atoms with Crippen molar-refractivity contribution in [3.8, 4) is 0 Å². The highest BCUT2D eigenvalue weighted by atomic mass is 35.5. The van der Waals surface area contributed by atoms with E-state index < -0.39 is 0 Å². The number of nitrogens with zero attached hydrogens (tertiary/aromatic N) is 3. The van der Waals surface area contributed by atoms with Crippen molar-refractivity contribution < 1.29 is 0 Å². The molecule has 3 aromatic rings. The molecule has 126 valence electrons. The SMILES string of the molecule is Cc1cc(C)n(CCn2c3c(c4cc(Cl)ccc42)CN(C)CC3)c1. The lowest BCUT2D eigenvalue weighted by Gasteiger charge is -2.24. The Morgan fingerprint density at radius 1 is 1.12 bits per heavy atom. The third-order valence-electron chi connectivity index (χ3n) is 5.22. The molecule has 0 aliphatic carbocycles. The van der Waals surface area contributed by atoms with E-state index in [0.29, 0.717) is 0 Å². The van der Waals surface area contributed by atoms with Gasteiger partial charge in [0.15, 0.2) is 0 Å². The van der Waals surface area contributed by atoms with Gasteiger partial charge in [-0.1, -0.05) is 11.6 Å². The fourth-order valence-corrected chi connectivity index (χ4v) is 4.23. The van der Waals surface area contributed by atoms with E-state index in [2.05, 4.69) is 59.3 Å². The zero-order valence-electron chi connectivity index (χ0n) is 14.6. The van der Waals surface area contributed by atoms with Crippen molar-refractivity contribution in [3.63, 3.8) is 0 Å². The average Bonchev–Trinajstić information content (AvgIpc) is 3.01. The highest BCUT2D eigenvalue weighted by molar-refractivity contribution is 6.31. The van der Waals surface area contributed by atoms with Gasteiger partial charge < -0.3 is 14.0 Å². The smallest absolute Gasteiger partial charge is 0.0487 e. The van der Waals surface area contributed by atoms with Crippen LogP contribution >= 0.6 is 11.6 Å². The van der Waals surface area contributed by atoms with Crippen LogP contribution in [0.1, 0.15) is 22.5 Å². The van der Waals surface area contributed by atoms with Gasteiger partial charge in [-0.25, -0.2) is 0 Å². The van der Waals surface area contributed by atoms with E-state index in [0.717, 1.165) is 37.6 Å². The lowest BCUT2D eigenvalue weighted by molar-refractivity contribution is 0.308. The molecular formula is C20H24ClN3. The molecule has 0 saturated carbocycles. The zero-order valence-corrected chi connectivity index (χ0v) is 15.4. The number of benzene rings is 1. The second-order valence-electron chi connectivity index (χ2n) is 7.08. The molecule has 0 bridgehead atoms. The lowest BCUT2D eigenvalue weighted by atomic mass is 10.1. The molecule has 24 heavy (non-hydrogen) atoms. The summed E-state index contributed by atoms with van der Waals surface area (Å²) in [6.07, 6.45) is 3.36. The molecule has 0 amide bonds.